The largest absolute Gasteiger partial charge is 0.496 e. The number of nitrogens with two attached hydrogens (primary N) is 1. The van der Waals surface area contributed by atoms with Gasteiger partial charge < -0.3 is 20.3 Å². The fourth-order valence-electron chi connectivity index (χ4n) is 3.54. The second kappa shape index (κ2) is 6.36. The van der Waals surface area contributed by atoms with E-state index in [1.165, 1.54) is 18.4 Å². The number of hydrogen-bond acceptors (Lipinski definition) is 7. The maximum Gasteiger partial charge on any atom is 0.338 e. The van der Waals surface area contributed by atoms with Crippen LogP contribution < -0.4 is 10.5 Å². The molecule has 2 aromatic rings. The van der Waals surface area contributed by atoms with E-state index in [4.69, 9.17) is 15.2 Å². The van der Waals surface area contributed by atoms with Crippen LogP contribution in [-0.4, -0.2) is 47.5 Å². The second-order valence-corrected chi connectivity index (χ2v) is 7.43. The van der Waals surface area contributed by atoms with Gasteiger partial charge in [-0.05, 0) is 17.7 Å². The Morgan fingerprint density at radius 3 is 2.89 bits per heavy atom. The third-order valence-electron chi connectivity index (χ3n) is 4.78. The third-order valence-corrected chi connectivity index (χ3v) is 5.82. The van der Waals surface area contributed by atoms with Crippen LogP contribution >= 0.6 is 11.3 Å². The highest BCUT2D eigenvalue weighted by molar-refractivity contribution is 7.16. The van der Waals surface area contributed by atoms with Crippen LogP contribution in [0.25, 0.3) is 0 Å². The number of aromatic carboxylic acids is 1. The van der Waals surface area contributed by atoms with Crippen molar-refractivity contribution >= 4 is 34.1 Å². The molecule has 0 radical (unpaired) electrons. The van der Waals surface area contributed by atoms with E-state index in [1.807, 2.05) is 0 Å². The summed E-state index contributed by atoms with van der Waals surface area (Å²) in [5, 5.41) is 9.63. The van der Waals surface area contributed by atoms with Crippen LogP contribution in [0.2, 0.25) is 0 Å². The fourth-order valence-corrected chi connectivity index (χ4v) is 4.55. The van der Waals surface area contributed by atoms with Gasteiger partial charge in [-0.3, -0.25) is 14.5 Å². The predicted octanol–water partition coefficient (Wildman–Crippen LogP) is 1.77. The van der Waals surface area contributed by atoms with Crippen molar-refractivity contribution in [1.29, 1.82) is 0 Å². The molecule has 0 bridgehead atoms. The Kier molecular flexibility index (Phi) is 4.12. The molecule has 0 saturated heterocycles. The molecule has 0 fully saturated rings. The minimum Gasteiger partial charge on any atom is -0.496 e. The van der Waals surface area contributed by atoms with Gasteiger partial charge in [0.25, 0.3) is 11.8 Å². The highest BCUT2D eigenvalue weighted by Crippen LogP contribution is 2.37. The number of thiophene rings is 1. The lowest BCUT2D eigenvalue weighted by atomic mass is 10.0. The van der Waals surface area contributed by atoms with Gasteiger partial charge in [-0.1, -0.05) is 6.07 Å². The summed E-state index contributed by atoms with van der Waals surface area (Å²) in [6.45, 7) is 0.235. The van der Waals surface area contributed by atoms with Gasteiger partial charge in [-0.2, -0.15) is 0 Å². The van der Waals surface area contributed by atoms with Crippen LogP contribution in [0.5, 0.6) is 5.75 Å². The molecule has 1 aromatic carbocycles. The normalized spacial score (nSPS) is 18.4. The van der Waals surface area contributed by atoms with E-state index in [-0.39, 0.29) is 35.7 Å². The molecule has 27 heavy (non-hydrogen) atoms. The first-order chi connectivity index (χ1) is 12.9. The molecule has 0 aliphatic carbocycles. The SMILES string of the molecule is COc1cccc2c1C(=O)N(CC1Cc3c(sc(N)c3C(=O)O)CO1)C2=O. The maximum absolute atomic E-state index is 12.7. The zero-order chi connectivity index (χ0) is 19.3. The molecule has 0 spiro atoms. The number of ether oxygens (including phenoxy) is 2. The van der Waals surface area contributed by atoms with Gasteiger partial charge in [0, 0.05) is 11.3 Å². The number of rotatable bonds is 4. The summed E-state index contributed by atoms with van der Waals surface area (Å²) in [7, 11) is 1.44. The quantitative estimate of drug-likeness (QED) is 0.766. The molecule has 8 nitrogen and oxygen atoms in total. The van der Waals surface area contributed by atoms with Crippen molar-refractivity contribution in [1.82, 2.24) is 4.90 Å². The van der Waals surface area contributed by atoms with Gasteiger partial charge in [-0.25, -0.2) is 4.79 Å². The fraction of sp³-hybridized carbons (Fsp3) is 0.278. The van der Waals surface area contributed by atoms with Gasteiger partial charge in [0.15, 0.2) is 0 Å². The molecule has 0 saturated carbocycles. The van der Waals surface area contributed by atoms with Crippen molar-refractivity contribution in [2.24, 2.45) is 0 Å². The Hall–Kier alpha value is -2.91. The number of carboxylic acid groups (broad SMARTS) is 1. The number of hydrogen-bond donors (Lipinski definition) is 2. The van der Waals surface area contributed by atoms with Crippen molar-refractivity contribution in [3.8, 4) is 5.75 Å². The molecule has 1 unspecified atom stereocenters. The number of imide groups is 1. The van der Waals surface area contributed by atoms with Gasteiger partial charge >= 0.3 is 5.97 Å². The number of carbonyl (C=O) groups excluding carboxylic acids is 2. The van der Waals surface area contributed by atoms with Crippen LogP contribution in [0.4, 0.5) is 5.00 Å². The molecule has 1 aromatic heterocycles. The number of carbonyl (C=O) groups is 3. The van der Waals surface area contributed by atoms with Crippen LogP contribution in [-0.2, 0) is 17.8 Å². The Bertz CT molecular complexity index is 982. The van der Waals surface area contributed by atoms with Gasteiger partial charge in [0.2, 0.25) is 0 Å². The number of methoxy groups -OCH3 is 1. The summed E-state index contributed by atoms with van der Waals surface area (Å²) in [6.07, 6.45) is -0.229. The average Bonchev–Trinajstić information content (AvgIpc) is 3.10. The number of anilines is 1. The summed E-state index contributed by atoms with van der Waals surface area (Å²) in [5.74, 6) is -1.59. The van der Waals surface area contributed by atoms with E-state index in [2.05, 4.69) is 0 Å². The Balaban J connectivity index is 1.59. The first-order valence-electron chi connectivity index (χ1n) is 8.20. The number of nitrogen functional groups attached to an aromatic ring is 1. The molecule has 2 amide bonds. The topological polar surface area (TPSA) is 119 Å². The Morgan fingerprint density at radius 1 is 1.41 bits per heavy atom. The summed E-state index contributed by atoms with van der Waals surface area (Å²) in [5.41, 5.74) is 7.06. The zero-order valence-corrected chi connectivity index (χ0v) is 15.2. The van der Waals surface area contributed by atoms with Crippen LogP contribution in [0.1, 0.15) is 41.5 Å². The molecule has 2 aliphatic heterocycles. The first kappa shape index (κ1) is 17.5. The van der Waals surface area contributed by atoms with Gasteiger partial charge in [0.05, 0.1) is 43.1 Å². The van der Waals surface area contributed by atoms with Crippen molar-refractivity contribution < 1.29 is 29.0 Å². The highest BCUT2D eigenvalue weighted by atomic mass is 32.1. The van der Waals surface area contributed by atoms with E-state index in [0.29, 0.717) is 16.9 Å². The lowest BCUT2D eigenvalue weighted by Gasteiger charge is -2.26. The maximum atomic E-state index is 12.7. The highest BCUT2D eigenvalue weighted by Gasteiger charge is 2.40. The first-order valence-corrected chi connectivity index (χ1v) is 9.02. The number of fused-ring (bicyclic) bond motifs is 2. The summed E-state index contributed by atoms with van der Waals surface area (Å²) >= 11 is 1.19. The van der Waals surface area contributed by atoms with Crippen LogP contribution in [0.15, 0.2) is 18.2 Å². The second-order valence-electron chi connectivity index (χ2n) is 6.29. The van der Waals surface area contributed by atoms with Gasteiger partial charge in [0.1, 0.15) is 10.8 Å². The molecule has 3 N–H and O–H groups in total. The monoisotopic (exact) mass is 388 g/mol. The lowest BCUT2D eigenvalue weighted by molar-refractivity contribution is 0.00929. The van der Waals surface area contributed by atoms with E-state index in [0.717, 1.165) is 9.78 Å². The standard InChI is InChI=1S/C18H16N2O6S/c1-25-11-4-2-3-9-13(11)17(22)20(16(9)21)6-8-5-10-12(7-26-8)27-15(19)14(10)18(23)24/h2-4,8H,5-7,19H2,1H3,(H,23,24). The Morgan fingerprint density at radius 2 is 2.19 bits per heavy atom. The van der Waals surface area contributed by atoms with E-state index >= 15 is 0 Å². The molecule has 140 valence electrons. The lowest BCUT2D eigenvalue weighted by Crippen LogP contribution is -2.40. The zero-order valence-electron chi connectivity index (χ0n) is 14.4. The Labute approximate surface area is 158 Å². The summed E-state index contributed by atoms with van der Waals surface area (Å²) in [6, 6.07) is 4.87. The summed E-state index contributed by atoms with van der Waals surface area (Å²) < 4.78 is 10.9. The van der Waals surface area contributed by atoms with Gasteiger partial charge in [-0.15, -0.1) is 11.3 Å². The molecule has 3 heterocycles. The summed E-state index contributed by atoms with van der Waals surface area (Å²) in [4.78, 5) is 38.8. The third kappa shape index (κ3) is 2.66. The molecule has 2 aliphatic rings. The van der Waals surface area contributed by atoms with E-state index in [9.17, 15) is 19.5 Å². The number of nitrogens with zero attached hydrogens (tertiary/aromatic N) is 1. The van der Waals surface area contributed by atoms with Crippen molar-refractivity contribution in [3.05, 3.63) is 45.3 Å². The van der Waals surface area contributed by atoms with Crippen molar-refractivity contribution in [3.63, 3.8) is 0 Å². The predicted molar refractivity (Wildman–Crippen MR) is 96.3 cm³/mol. The average molecular weight is 388 g/mol. The van der Waals surface area contributed by atoms with E-state index < -0.39 is 23.9 Å². The van der Waals surface area contributed by atoms with Crippen LogP contribution in [0.3, 0.4) is 0 Å². The minimum atomic E-state index is -1.09. The number of amides is 2. The number of benzene rings is 1. The molecular weight excluding hydrogens is 372 g/mol. The molecule has 1 atom stereocenters. The molecule has 4 rings (SSSR count). The van der Waals surface area contributed by atoms with E-state index in [1.54, 1.807) is 18.2 Å². The number of carboxylic acids is 1. The molecule has 9 heteroatoms. The smallest absolute Gasteiger partial charge is 0.338 e. The van der Waals surface area contributed by atoms with Crippen LogP contribution in [0, 0.1) is 0 Å². The van der Waals surface area contributed by atoms with Crippen molar-refractivity contribution in [2.45, 2.75) is 19.1 Å². The minimum absolute atomic E-state index is 0.0315. The van der Waals surface area contributed by atoms with Crippen molar-refractivity contribution in [2.75, 3.05) is 19.4 Å². The molecular formula is C18H16N2O6S.